The molecule has 0 unspecified atom stereocenters. The summed E-state index contributed by atoms with van der Waals surface area (Å²) < 4.78 is 10.4. The number of aldehydes is 1. The highest BCUT2D eigenvalue weighted by atomic mass is 16.5. The second-order valence-electron chi connectivity index (χ2n) is 3.65. The van der Waals surface area contributed by atoms with Gasteiger partial charge >= 0.3 is 0 Å². The average molecular weight is 243 g/mol. The number of pyridine rings is 1. The summed E-state index contributed by atoms with van der Waals surface area (Å²) in [7, 11) is 3.10. The summed E-state index contributed by atoms with van der Waals surface area (Å²) in [6, 6.07) is 7.14. The summed E-state index contributed by atoms with van der Waals surface area (Å²) in [5.41, 5.74) is 2.26. The van der Waals surface area contributed by atoms with Crippen molar-refractivity contribution >= 4 is 6.29 Å². The van der Waals surface area contributed by atoms with Crippen LogP contribution in [0.3, 0.4) is 0 Å². The summed E-state index contributed by atoms with van der Waals surface area (Å²) in [5, 5.41) is 0. The van der Waals surface area contributed by atoms with Gasteiger partial charge in [0.05, 0.1) is 14.2 Å². The molecule has 0 amide bonds. The Kier molecular flexibility index (Phi) is 3.57. The van der Waals surface area contributed by atoms with Crippen LogP contribution in [0.2, 0.25) is 0 Å². The van der Waals surface area contributed by atoms with E-state index in [-0.39, 0.29) is 0 Å². The lowest BCUT2D eigenvalue weighted by molar-refractivity contribution is 0.112. The summed E-state index contributed by atoms with van der Waals surface area (Å²) in [6.07, 6.45) is 4.17. The molecule has 0 bridgehead atoms. The third kappa shape index (κ3) is 2.18. The molecule has 1 aromatic heterocycles. The summed E-state index contributed by atoms with van der Waals surface area (Å²) in [4.78, 5) is 15.1. The van der Waals surface area contributed by atoms with Crippen molar-refractivity contribution < 1.29 is 14.3 Å². The van der Waals surface area contributed by atoms with E-state index in [9.17, 15) is 4.79 Å². The zero-order valence-electron chi connectivity index (χ0n) is 10.2. The number of rotatable bonds is 4. The maximum absolute atomic E-state index is 11.2. The van der Waals surface area contributed by atoms with Crippen molar-refractivity contribution in [3.63, 3.8) is 0 Å². The van der Waals surface area contributed by atoms with E-state index in [0.717, 1.165) is 17.4 Å². The van der Waals surface area contributed by atoms with Crippen molar-refractivity contribution in [2.45, 2.75) is 0 Å². The van der Waals surface area contributed by atoms with Crippen molar-refractivity contribution in [3.8, 4) is 22.6 Å². The van der Waals surface area contributed by atoms with Crippen LogP contribution in [0, 0.1) is 0 Å². The van der Waals surface area contributed by atoms with E-state index < -0.39 is 0 Å². The minimum Gasteiger partial charge on any atom is -0.493 e. The molecule has 4 nitrogen and oxygen atoms in total. The van der Waals surface area contributed by atoms with Gasteiger partial charge in [-0.2, -0.15) is 0 Å². The molecule has 92 valence electrons. The topological polar surface area (TPSA) is 48.4 Å². The van der Waals surface area contributed by atoms with Gasteiger partial charge in [-0.3, -0.25) is 9.78 Å². The quantitative estimate of drug-likeness (QED) is 0.774. The molecule has 0 aliphatic heterocycles. The van der Waals surface area contributed by atoms with Crippen molar-refractivity contribution in [3.05, 3.63) is 42.2 Å². The normalized spacial score (nSPS) is 9.89. The second kappa shape index (κ2) is 5.31. The van der Waals surface area contributed by atoms with E-state index in [1.165, 1.54) is 0 Å². The first-order valence-corrected chi connectivity index (χ1v) is 5.41. The highest BCUT2D eigenvalue weighted by Crippen LogP contribution is 2.34. The number of hydrogen-bond donors (Lipinski definition) is 0. The average Bonchev–Trinajstić information content (AvgIpc) is 2.46. The van der Waals surface area contributed by atoms with E-state index in [2.05, 4.69) is 4.98 Å². The maximum Gasteiger partial charge on any atom is 0.161 e. The molecule has 0 fully saturated rings. The number of carbonyl (C=O) groups is 1. The summed E-state index contributed by atoms with van der Waals surface area (Å²) in [5.74, 6) is 1.13. The Balaban J connectivity index is 2.63. The molecule has 2 rings (SSSR count). The van der Waals surface area contributed by atoms with Gasteiger partial charge in [0.25, 0.3) is 0 Å². The largest absolute Gasteiger partial charge is 0.493 e. The number of aromatic nitrogens is 1. The zero-order valence-corrected chi connectivity index (χ0v) is 10.2. The first-order valence-electron chi connectivity index (χ1n) is 5.41. The third-order valence-corrected chi connectivity index (χ3v) is 2.67. The van der Waals surface area contributed by atoms with Crippen molar-refractivity contribution in [1.82, 2.24) is 4.98 Å². The number of hydrogen-bond acceptors (Lipinski definition) is 4. The summed E-state index contributed by atoms with van der Waals surface area (Å²) in [6.45, 7) is 0. The van der Waals surface area contributed by atoms with Crippen LogP contribution in [-0.2, 0) is 0 Å². The van der Waals surface area contributed by atoms with Crippen LogP contribution >= 0.6 is 0 Å². The molecule has 1 aromatic carbocycles. The van der Waals surface area contributed by atoms with Gasteiger partial charge in [-0.1, -0.05) is 0 Å². The fourth-order valence-corrected chi connectivity index (χ4v) is 1.77. The Morgan fingerprint density at radius 1 is 1.06 bits per heavy atom. The zero-order chi connectivity index (χ0) is 13.0. The second-order valence-corrected chi connectivity index (χ2v) is 3.65. The van der Waals surface area contributed by atoms with E-state index in [0.29, 0.717) is 17.1 Å². The molecule has 0 radical (unpaired) electrons. The van der Waals surface area contributed by atoms with E-state index in [1.54, 1.807) is 38.7 Å². The number of nitrogens with zero attached hydrogens (tertiary/aromatic N) is 1. The van der Waals surface area contributed by atoms with Gasteiger partial charge in [0.1, 0.15) is 0 Å². The maximum atomic E-state index is 11.2. The summed E-state index contributed by atoms with van der Waals surface area (Å²) >= 11 is 0. The van der Waals surface area contributed by atoms with Gasteiger partial charge in [-0.15, -0.1) is 0 Å². The van der Waals surface area contributed by atoms with Crippen molar-refractivity contribution in [1.29, 1.82) is 0 Å². The van der Waals surface area contributed by atoms with Gasteiger partial charge in [0, 0.05) is 18.0 Å². The lowest BCUT2D eigenvalue weighted by Gasteiger charge is -2.12. The highest BCUT2D eigenvalue weighted by Gasteiger charge is 2.11. The molecule has 0 saturated heterocycles. The van der Waals surface area contributed by atoms with Gasteiger partial charge < -0.3 is 9.47 Å². The molecule has 0 aliphatic carbocycles. The molecular weight excluding hydrogens is 230 g/mol. The first kappa shape index (κ1) is 12.1. The van der Waals surface area contributed by atoms with Crippen molar-refractivity contribution in [2.24, 2.45) is 0 Å². The van der Waals surface area contributed by atoms with Crippen LogP contribution in [0.5, 0.6) is 11.5 Å². The first-order chi connectivity index (χ1) is 8.80. The van der Waals surface area contributed by atoms with Crippen LogP contribution in [0.25, 0.3) is 11.1 Å². The SMILES string of the molecule is COc1cc(C=O)c(-c2ccncc2)cc1OC. The minimum absolute atomic E-state index is 0.539. The molecular formula is C14H13NO3. The monoisotopic (exact) mass is 243 g/mol. The number of ether oxygens (including phenoxy) is 2. The van der Waals surface area contributed by atoms with Gasteiger partial charge in [0.2, 0.25) is 0 Å². The molecule has 2 aromatic rings. The number of benzene rings is 1. The Bertz CT molecular complexity index is 552. The van der Waals surface area contributed by atoms with Gasteiger partial charge in [-0.25, -0.2) is 0 Å². The molecule has 4 heteroatoms. The van der Waals surface area contributed by atoms with Gasteiger partial charge in [0.15, 0.2) is 17.8 Å². The van der Waals surface area contributed by atoms with Crippen LogP contribution in [-0.4, -0.2) is 25.5 Å². The fourth-order valence-electron chi connectivity index (χ4n) is 1.77. The molecule has 0 aliphatic rings. The molecule has 0 saturated carbocycles. The minimum atomic E-state index is 0.539. The van der Waals surface area contributed by atoms with E-state index in [1.807, 2.05) is 12.1 Å². The lowest BCUT2D eigenvalue weighted by atomic mass is 10.0. The molecule has 0 spiro atoms. The van der Waals surface area contributed by atoms with Crippen LogP contribution in [0.4, 0.5) is 0 Å². The van der Waals surface area contributed by atoms with Crippen molar-refractivity contribution in [2.75, 3.05) is 14.2 Å². The molecule has 1 heterocycles. The number of methoxy groups -OCH3 is 2. The lowest BCUT2D eigenvalue weighted by Crippen LogP contribution is -1.95. The molecule has 0 N–H and O–H groups in total. The molecule has 18 heavy (non-hydrogen) atoms. The van der Waals surface area contributed by atoms with E-state index in [4.69, 9.17) is 9.47 Å². The van der Waals surface area contributed by atoms with Crippen LogP contribution in [0.1, 0.15) is 10.4 Å². The predicted molar refractivity (Wildman–Crippen MR) is 68.2 cm³/mol. The van der Waals surface area contributed by atoms with Crippen LogP contribution in [0.15, 0.2) is 36.7 Å². The Morgan fingerprint density at radius 3 is 2.22 bits per heavy atom. The fraction of sp³-hybridized carbons (Fsp3) is 0.143. The van der Waals surface area contributed by atoms with E-state index >= 15 is 0 Å². The van der Waals surface area contributed by atoms with Gasteiger partial charge in [-0.05, 0) is 35.4 Å². The van der Waals surface area contributed by atoms with Crippen LogP contribution < -0.4 is 9.47 Å². The Morgan fingerprint density at radius 2 is 1.67 bits per heavy atom. The Hall–Kier alpha value is -2.36. The number of carbonyl (C=O) groups excluding carboxylic acids is 1. The smallest absolute Gasteiger partial charge is 0.161 e. The Labute approximate surface area is 105 Å². The highest BCUT2D eigenvalue weighted by molar-refractivity contribution is 5.89. The predicted octanol–water partition coefficient (Wildman–Crippen LogP) is 2.58. The molecule has 0 atom stereocenters. The standard InChI is InChI=1S/C14H13NO3/c1-17-13-7-11(9-16)12(8-14(13)18-2)10-3-5-15-6-4-10/h3-9H,1-2H3. The third-order valence-electron chi connectivity index (χ3n) is 2.67.